The summed E-state index contributed by atoms with van der Waals surface area (Å²) in [4.78, 5) is 38.4. The van der Waals surface area contributed by atoms with E-state index in [-0.39, 0.29) is 29.9 Å². The lowest BCUT2D eigenvalue weighted by Gasteiger charge is -2.36. The summed E-state index contributed by atoms with van der Waals surface area (Å²) in [6.45, 7) is 3.24. The second kappa shape index (κ2) is 5.96. The van der Waals surface area contributed by atoms with Gasteiger partial charge < -0.3 is 10.6 Å². The molecule has 0 aromatic carbocycles. The van der Waals surface area contributed by atoms with E-state index in [1.165, 1.54) is 0 Å². The highest BCUT2D eigenvalue weighted by molar-refractivity contribution is 7.91. The van der Waals surface area contributed by atoms with E-state index in [9.17, 15) is 22.8 Å². The number of sulfone groups is 1. The summed E-state index contributed by atoms with van der Waals surface area (Å²) >= 11 is 0. The Morgan fingerprint density at radius 2 is 2.04 bits per heavy atom. The first kappa shape index (κ1) is 18.2. The molecule has 4 amide bonds. The van der Waals surface area contributed by atoms with Crippen molar-refractivity contribution in [2.45, 2.75) is 57.0 Å². The predicted octanol–water partition coefficient (Wildman–Crippen LogP) is 0.181. The number of imide groups is 1. The van der Waals surface area contributed by atoms with Crippen molar-refractivity contribution >= 4 is 27.7 Å². The maximum absolute atomic E-state index is 12.8. The molecule has 2 aliphatic heterocycles. The fraction of sp³-hybridized carbons (Fsp3) is 0.812. The van der Waals surface area contributed by atoms with Crippen LogP contribution in [0.1, 0.15) is 46.0 Å². The molecular weight excluding hydrogens is 346 g/mol. The third-order valence-electron chi connectivity index (χ3n) is 5.75. The van der Waals surface area contributed by atoms with E-state index in [1.807, 2.05) is 6.92 Å². The van der Waals surface area contributed by atoms with E-state index in [0.717, 1.165) is 24.2 Å². The van der Waals surface area contributed by atoms with Gasteiger partial charge in [-0.15, -0.1) is 0 Å². The zero-order valence-corrected chi connectivity index (χ0v) is 15.4. The number of hydrogen-bond donors (Lipinski definition) is 2. The van der Waals surface area contributed by atoms with E-state index in [2.05, 4.69) is 10.6 Å². The Morgan fingerprint density at radius 3 is 2.64 bits per heavy atom. The van der Waals surface area contributed by atoms with Crippen LogP contribution in [0.15, 0.2) is 0 Å². The van der Waals surface area contributed by atoms with Crippen LogP contribution < -0.4 is 10.6 Å². The van der Waals surface area contributed by atoms with Crippen LogP contribution in [0.4, 0.5) is 4.79 Å². The second-order valence-electron chi connectivity index (χ2n) is 7.89. The van der Waals surface area contributed by atoms with Gasteiger partial charge in [-0.3, -0.25) is 14.5 Å². The van der Waals surface area contributed by atoms with Crippen LogP contribution in [0.2, 0.25) is 0 Å². The average Bonchev–Trinajstić information content (AvgIpc) is 2.90. The predicted molar refractivity (Wildman–Crippen MR) is 90.4 cm³/mol. The molecule has 1 spiro atoms. The summed E-state index contributed by atoms with van der Waals surface area (Å²) in [5.41, 5.74) is -1.73. The first-order valence-electron chi connectivity index (χ1n) is 8.72. The fourth-order valence-electron chi connectivity index (χ4n) is 4.27. The van der Waals surface area contributed by atoms with E-state index < -0.39 is 32.9 Å². The molecule has 0 radical (unpaired) electrons. The SMILES string of the molecule is C[C@@H]1CCCC[C@@]12NC(=O)N(CC(=O)N[C@]1(C)CCS(=O)(=O)C1)C2=O. The van der Waals surface area contributed by atoms with Crippen molar-refractivity contribution < 1.29 is 22.8 Å². The van der Waals surface area contributed by atoms with Crippen LogP contribution in [0.5, 0.6) is 0 Å². The van der Waals surface area contributed by atoms with Gasteiger partial charge in [0.15, 0.2) is 9.84 Å². The molecule has 25 heavy (non-hydrogen) atoms. The minimum atomic E-state index is -3.15. The number of urea groups is 1. The maximum atomic E-state index is 12.8. The minimum absolute atomic E-state index is 0.0308. The van der Waals surface area contributed by atoms with Crippen molar-refractivity contribution in [2.75, 3.05) is 18.1 Å². The molecule has 8 nitrogen and oxygen atoms in total. The van der Waals surface area contributed by atoms with Gasteiger partial charge in [0.2, 0.25) is 5.91 Å². The lowest BCUT2D eigenvalue weighted by atomic mass is 9.73. The van der Waals surface area contributed by atoms with E-state index in [0.29, 0.717) is 12.8 Å². The molecule has 2 saturated heterocycles. The number of hydrogen-bond acceptors (Lipinski definition) is 5. The number of carbonyl (C=O) groups is 3. The van der Waals surface area contributed by atoms with Crippen molar-refractivity contribution in [2.24, 2.45) is 5.92 Å². The van der Waals surface area contributed by atoms with E-state index in [4.69, 9.17) is 0 Å². The van der Waals surface area contributed by atoms with Crippen LogP contribution in [0, 0.1) is 5.92 Å². The number of nitrogens with zero attached hydrogens (tertiary/aromatic N) is 1. The second-order valence-corrected chi connectivity index (χ2v) is 10.1. The molecule has 3 rings (SSSR count). The molecule has 0 bridgehead atoms. The number of amides is 4. The summed E-state index contributed by atoms with van der Waals surface area (Å²) in [6.07, 6.45) is 3.68. The van der Waals surface area contributed by atoms with Crippen LogP contribution >= 0.6 is 0 Å². The van der Waals surface area contributed by atoms with Gasteiger partial charge in [0, 0.05) is 0 Å². The Labute approximate surface area is 147 Å². The normalized spacial score (nSPS) is 37.4. The molecule has 2 N–H and O–H groups in total. The molecule has 0 aromatic heterocycles. The molecule has 1 aliphatic carbocycles. The molecule has 1 saturated carbocycles. The van der Waals surface area contributed by atoms with Gasteiger partial charge in [-0.05, 0) is 32.1 Å². The van der Waals surface area contributed by atoms with Crippen molar-refractivity contribution in [3.05, 3.63) is 0 Å². The molecule has 3 aliphatic rings. The van der Waals surface area contributed by atoms with Gasteiger partial charge in [-0.2, -0.15) is 0 Å². The quantitative estimate of drug-likeness (QED) is 0.687. The van der Waals surface area contributed by atoms with Gasteiger partial charge in [0.25, 0.3) is 5.91 Å². The van der Waals surface area contributed by atoms with Gasteiger partial charge in [0.05, 0.1) is 17.0 Å². The van der Waals surface area contributed by atoms with Crippen LogP contribution in [-0.4, -0.2) is 60.3 Å². The lowest BCUT2D eigenvalue weighted by molar-refractivity contribution is -0.137. The highest BCUT2D eigenvalue weighted by atomic mass is 32.2. The van der Waals surface area contributed by atoms with E-state index >= 15 is 0 Å². The summed E-state index contributed by atoms with van der Waals surface area (Å²) in [7, 11) is -3.15. The van der Waals surface area contributed by atoms with Gasteiger partial charge in [-0.25, -0.2) is 13.2 Å². The molecule has 2 heterocycles. The lowest BCUT2D eigenvalue weighted by Crippen LogP contribution is -2.54. The number of rotatable bonds is 3. The van der Waals surface area contributed by atoms with Gasteiger partial charge in [0.1, 0.15) is 12.1 Å². The first-order chi connectivity index (χ1) is 11.6. The standard InChI is InChI=1S/C16H25N3O5S/c1-11-5-3-4-6-16(11)13(21)19(14(22)18-16)9-12(20)17-15(2)7-8-25(23,24)10-15/h11H,3-10H2,1-2H3,(H,17,20)(H,18,22)/t11-,15-,16-/m1/s1. The number of carbonyl (C=O) groups excluding carboxylic acids is 3. The molecule has 0 unspecified atom stereocenters. The third-order valence-corrected chi connectivity index (χ3v) is 7.65. The van der Waals surface area contributed by atoms with Crippen LogP contribution in [-0.2, 0) is 19.4 Å². The Kier molecular flexibility index (Phi) is 4.33. The molecule has 0 aromatic rings. The van der Waals surface area contributed by atoms with E-state index in [1.54, 1.807) is 6.92 Å². The van der Waals surface area contributed by atoms with Crippen LogP contribution in [0.3, 0.4) is 0 Å². The molecule has 3 fully saturated rings. The Balaban J connectivity index is 1.68. The number of nitrogens with one attached hydrogen (secondary N) is 2. The Hall–Kier alpha value is -1.64. The molecular formula is C16H25N3O5S. The van der Waals surface area contributed by atoms with Crippen molar-refractivity contribution in [3.8, 4) is 0 Å². The molecule has 9 heteroatoms. The topological polar surface area (TPSA) is 113 Å². The van der Waals surface area contributed by atoms with Crippen molar-refractivity contribution in [1.82, 2.24) is 15.5 Å². The fourth-order valence-corrected chi connectivity index (χ4v) is 6.36. The zero-order chi connectivity index (χ0) is 18.5. The third kappa shape index (κ3) is 3.26. The Bertz CT molecular complexity index is 721. The monoisotopic (exact) mass is 371 g/mol. The largest absolute Gasteiger partial charge is 0.348 e. The van der Waals surface area contributed by atoms with Gasteiger partial charge >= 0.3 is 6.03 Å². The molecule has 3 atom stereocenters. The summed E-state index contributed by atoms with van der Waals surface area (Å²) in [5, 5.41) is 5.49. The Morgan fingerprint density at radius 1 is 1.32 bits per heavy atom. The smallest absolute Gasteiger partial charge is 0.325 e. The highest BCUT2D eigenvalue weighted by Crippen LogP contribution is 2.38. The zero-order valence-electron chi connectivity index (χ0n) is 14.6. The van der Waals surface area contributed by atoms with Crippen molar-refractivity contribution in [3.63, 3.8) is 0 Å². The minimum Gasteiger partial charge on any atom is -0.348 e. The highest BCUT2D eigenvalue weighted by Gasteiger charge is 2.55. The van der Waals surface area contributed by atoms with Crippen LogP contribution in [0.25, 0.3) is 0 Å². The first-order valence-corrected chi connectivity index (χ1v) is 10.5. The average molecular weight is 371 g/mol. The van der Waals surface area contributed by atoms with Crippen molar-refractivity contribution in [1.29, 1.82) is 0 Å². The summed E-state index contributed by atoms with van der Waals surface area (Å²) in [5.74, 6) is -0.906. The maximum Gasteiger partial charge on any atom is 0.325 e. The van der Waals surface area contributed by atoms with Gasteiger partial charge in [-0.1, -0.05) is 19.8 Å². The summed E-state index contributed by atoms with van der Waals surface area (Å²) < 4.78 is 23.3. The summed E-state index contributed by atoms with van der Waals surface area (Å²) in [6, 6.07) is -0.543. The molecule has 140 valence electrons.